The lowest BCUT2D eigenvalue weighted by atomic mass is 9.99. The van der Waals surface area contributed by atoms with Gasteiger partial charge in [-0.15, -0.1) is 0 Å². The zero-order valence-electron chi connectivity index (χ0n) is 10.5. The SMILES string of the molecule is NNC(=O)N1CC=C(c2c[nH]c3ccccc23)CC1. The topological polar surface area (TPSA) is 74.2 Å². The number of nitrogens with two attached hydrogens (primary N) is 1. The molecule has 19 heavy (non-hydrogen) atoms. The van der Waals surface area contributed by atoms with Crippen molar-refractivity contribution < 1.29 is 4.79 Å². The maximum absolute atomic E-state index is 11.4. The molecule has 5 nitrogen and oxygen atoms in total. The minimum atomic E-state index is -0.228. The van der Waals surface area contributed by atoms with E-state index in [1.807, 2.05) is 18.3 Å². The summed E-state index contributed by atoms with van der Waals surface area (Å²) in [6, 6.07) is 8.01. The molecule has 0 spiro atoms. The van der Waals surface area contributed by atoms with Crippen LogP contribution in [0.25, 0.3) is 16.5 Å². The van der Waals surface area contributed by atoms with E-state index in [4.69, 9.17) is 5.84 Å². The minimum Gasteiger partial charge on any atom is -0.361 e. The van der Waals surface area contributed by atoms with Crippen LogP contribution in [0, 0.1) is 0 Å². The van der Waals surface area contributed by atoms with Crippen LogP contribution in [0.15, 0.2) is 36.5 Å². The molecular formula is C14H16N4O. The Labute approximate surface area is 111 Å². The normalized spacial score (nSPS) is 15.4. The molecule has 1 aromatic carbocycles. The number of H-pyrrole nitrogens is 1. The van der Waals surface area contributed by atoms with Gasteiger partial charge in [-0.25, -0.2) is 10.6 Å². The van der Waals surface area contributed by atoms with E-state index in [9.17, 15) is 4.79 Å². The van der Waals surface area contributed by atoms with Crippen molar-refractivity contribution in [2.45, 2.75) is 6.42 Å². The Bertz CT molecular complexity index is 644. The Morgan fingerprint density at radius 2 is 2.21 bits per heavy atom. The van der Waals surface area contributed by atoms with Crippen LogP contribution in [-0.2, 0) is 0 Å². The van der Waals surface area contributed by atoms with Crippen LogP contribution < -0.4 is 11.3 Å². The van der Waals surface area contributed by atoms with E-state index in [2.05, 4.69) is 28.6 Å². The number of carbonyl (C=O) groups is 1. The molecule has 2 aromatic rings. The lowest BCUT2D eigenvalue weighted by Gasteiger charge is -2.25. The van der Waals surface area contributed by atoms with Crippen molar-refractivity contribution in [1.29, 1.82) is 0 Å². The van der Waals surface area contributed by atoms with Crippen molar-refractivity contribution in [3.8, 4) is 0 Å². The summed E-state index contributed by atoms with van der Waals surface area (Å²) >= 11 is 0. The highest BCUT2D eigenvalue weighted by atomic mass is 16.2. The van der Waals surface area contributed by atoms with E-state index in [0.29, 0.717) is 13.1 Å². The van der Waals surface area contributed by atoms with E-state index in [0.717, 1.165) is 11.9 Å². The Balaban J connectivity index is 1.88. The minimum absolute atomic E-state index is 0.228. The summed E-state index contributed by atoms with van der Waals surface area (Å²) in [5.41, 5.74) is 5.81. The molecule has 0 unspecified atom stereocenters. The average Bonchev–Trinajstić information content (AvgIpc) is 2.90. The number of fused-ring (bicyclic) bond motifs is 1. The summed E-state index contributed by atoms with van der Waals surface area (Å²) in [6.45, 7) is 1.28. The highest BCUT2D eigenvalue weighted by Crippen LogP contribution is 2.28. The van der Waals surface area contributed by atoms with Gasteiger partial charge in [0.25, 0.3) is 0 Å². The Kier molecular flexibility index (Phi) is 2.97. The second-order valence-corrected chi connectivity index (χ2v) is 4.62. The summed E-state index contributed by atoms with van der Waals surface area (Å²) in [6.07, 6.45) is 4.97. The molecule has 0 radical (unpaired) electrons. The largest absolute Gasteiger partial charge is 0.361 e. The van der Waals surface area contributed by atoms with Crippen LogP contribution in [0.3, 0.4) is 0 Å². The monoisotopic (exact) mass is 256 g/mol. The highest BCUT2D eigenvalue weighted by Gasteiger charge is 2.18. The first-order chi connectivity index (χ1) is 9.29. The van der Waals surface area contributed by atoms with Gasteiger partial charge in [0, 0.05) is 35.8 Å². The molecule has 5 heteroatoms. The molecule has 1 aliphatic rings. The molecule has 0 saturated heterocycles. The second kappa shape index (κ2) is 4.78. The van der Waals surface area contributed by atoms with Gasteiger partial charge in [0.05, 0.1) is 0 Å². The Morgan fingerprint density at radius 3 is 2.95 bits per heavy atom. The standard InChI is InChI=1S/C14H16N4O/c15-17-14(19)18-7-5-10(6-8-18)12-9-16-13-4-2-1-3-11(12)13/h1-5,9,16H,6-8,15H2,(H,17,19). The molecule has 98 valence electrons. The molecule has 0 bridgehead atoms. The van der Waals surface area contributed by atoms with Gasteiger partial charge >= 0.3 is 6.03 Å². The Morgan fingerprint density at radius 1 is 1.37 bits per heavy atom. The van der Waals surface area contributed by atoms with Gasteiger partial charge in [-0.05, 0) is 18.1 Å². The number of hydrazine groups is 1. The van der Waals surface area contributed by atoms with Gasteiger partial charge in [0.15, 0.2) is 0 Å². The van der Waals surface area contributed by atoms with Crippen LogP contribution in [0.5, 0.6) is 0 Å². The summed E-state index contributed by atoms with van der Waals surface area (Å²) < 4.78 is 0. The fourth-order valence-corrected chi connectivity index (χ4v) is 2.53. The van der Waals surface area contributed by atoms with E-state index in [-0.39, 0.29) is 6.03 Å². The first kappa shape index (κ1) is 11.8. The summed E-state index contributed by atoms with van der Waals surface area (Å²) in [5.74, 6) is 5.14. The van der Waals surface area contributed by atoms with Crippen LogP contribution in [0.4, 0.5) is 4.79 Å². The van der Waals surface area contributed by atoms with Crippen molar-refractivity contribution in [2.24, 2.45) is 5.84 Å². The molecule has 4 N–H and O–H groups in total. The maximum Gasteiger partial charge on any atom is 0.331 e. The molecule has 2 heterocycles. The van der Waals surface area contributed by atoms with Crippen molar-refractivity contribution in [3.63, 3.8) is 0 Å². The molecule has 0 fully saturated rings. The van der Waals surface area contributed by atoms with Gasteiger partial charge in [-0.1, -0.05) is 24.3 Å². The Hall–Kier alpha value is -2.27. The third-order valence-corrected chi connectivity index (χ3v) is 3.56. The number of hydrogen-bond donors (Lipinski definition) is 3. The average molecular weight is 256 g/mol. The molecule has 0 aliphatic carbocycles. The molecule has 1 aromatic heterocycles. The van der Waals surface area contributed by atoms with Crippen LogP contribution in [0.1, 0.15) is 12.0 Å². The number of nitrogens with zero attached hydrogens (tertiary/aromatic N) is 1. The van der Waals surface area contributed by atoms with Crippen molar-refractivity contribution in [1.82, 2.24) is 15.3 Å². The third kappa shape index (κ3) is 2.08. The van der Waals surface area contributed by atoms with Crippen molar-refractivity contribution in [3.05, 3.63) is 42.1 Å². The first-order valence-electron chi connectivity index (χ1n) is 6.30. The number of benzene rings is 1. The number of urea groups is 1. The third-order valence-electron chi connectivity index (χ3n) is 3.56. The zero-order chi connectivity index (χ0) is 13.2. The van der Waals surface area contributed by atoms with Crippen LogP contribution in [0.2, 0.25) is 0 Å². The summed E-state index contributed by atoms with van der Waals surface area (Å²) in [7, 11) is 0. The second-order valence-electron chi connectivity index (χ2n) is 4.62. The molecule has 2 amide bonds. The van der Waals surface area contributed by atoms with Gasteiger partial charge < -0.3 is 9.88 Å². The number of amides is 2. The number of carbonyl (C=O) groups excluding carboxylic acids is 1. The number of rotatable bonds is 1. The molecule has 0 saturated carbocycles. The number of hydrogen-bond acceptors (Lipinski definition) is 2. The summed E-state index contributed by atoms with van der Waals surface area (Å²) in [5, 5.41) is 1.23. The molecule has 1 aliphatic heterocycles. The quantitative estimate of drug-likeness (QED) is 0.414. The predicted molar refractivity (Wildman–Crippen MR) is 75.2 cm³/mol. The van der Waals surface area contributed by atoms with Gasteiger partial charge in [-0.3, -0.25) is 5.43 Å². The lowest BCUT2D eigenvalue weighted by Crippen LogP contribution is -2.45. The van der Waals surface area contributed by atoms with Gasteiger partial charge in [-0.2, -0.15) is 0 Å². The summed E-state index contributed by atoms with van der Waals surface area (Å²) in [4.78, 5) is 16.4. The van der Waals surface area contributed by atoms with Crippen molar-refractivity contribution >= 4 is 22.5 Å². The van der Waals surface area contributed by atoms with Crippen LogP contribution >= 0.6 is 0 Å². The first-order valence-corrected chi connectivity index (χ1v) is 6.30. The maximum atomic E-state index is 11.4. The zero-order valence-corrected chi connectivity index (χ0v) is 10.5. The van der Waals surface area contributed by atoms with Gasteiger partial charge in [0.1, 0.15) is 0 Å². The molecule has 0 atom stereocenters. The molecule has 3 rings (SSSR count). The van der Waals surface area contributed by atoms with Crippen LogP contribution in [-0.4, -0.2) is 29.0 Å². The van der Waals surface area contributed by atoms with E-state index >= 15 is 0 Å². The van der Waals surface area contributed by atoms with E-state index < -0.39 is 0 Å². The number of nitrogens with one attached hydrogen (secondary N) is 2. The highest BCUT2D eigenvalue weighted by molar-refractivity contribution is 5.93. The fraction of sp³-hybridized carbons (Fsp3) is 0.214. The number of aromatic nitrogens is 1. The predicted octanol–water partition coefficient (Wildman–Crippen LogP) is 1.84. The fourth-order valence-electron chi connectivity index (χ4n) is 2.53. The number of para-hydroxylation sites is 1. The number of aromatic amines is 1. The van der Waals surface area contributed by atoms with E-state index in [1.54, 1.807) is 4.90 Å². The van der Waals surface area contributed by atoms with Crippen molar-refractivity contribution in [2.75, 3.05) is 13.1 Å². The molecular weight excluding hydrogens is 240 g/mol. The smallest absolute Gasteiger partial charge is 0.331 e. The van der Waals surface area contributed by atoms with Gasteiger partial charge in [0.2, 0.25) is 0 Å². The lowest BCUT2D eigenvalue weighted by molar-refractivity contribution is 0.203. The van der Waals surface area contributed by atoms with E-state index in [1.165, 1.54) is 16.5 Å².